The molecule has 1 atom stereocenters. The molecule has 0 saturated heterocycles. The molecule has 16 heavy (non-hydrogen) atoms. The summed E-state index contributed by atoms with van der Waals surface area (Å²) in [5, 5.41) is 9.29. The van der Waals surface area contributed by atoms with Gasteiger partial charge in [-0.2, -0.15) is 0 Å². The Kier molecular flexibility index (Phi) is 3.73. The molecule has 1 amide bonds. The van der Waals surface area contributed by atoms with Crippen molar-refractivity contribution in [3.05, 3.63) is 23.8 Å². The second-order valence-electron chi connectivity index (χ2n) is 3.87. The van der Waals surface area contributed by atoms with Crippen LogP contribution in [0.2, 0.25) is 0 Å². The molecule has 5 heteroatoms. The van der Waals surface area contributed by atoms with Gasteiger partial charge < -0.3 is 21.5 Å². The van der Waals surface area contributed by atoms with Gasteiger partial charge in [0.25, 0.3) is 5.91 Å². The van der Waals surface area contributed by atoms with Crippen LogP contribution >= 0.6 is 0 Å². The van der Waals surface area contributed by atoms with E-state index in [1.165, 1.54) is 6.07 Å². The first-order chi connectivity index (χ1) is 7.41. The molecule has 88 valence electrons. The molecule has 0 aliphatic carbocycles. The molecule has 5 N–H and O–H groups in total. The smallest absolute Gasteiger partial charge is 0.250 e. The van der Waals surface area contributed by atoms with Crippen LogP contribution in [0, 0.1) is 0 Å². The maximum atomic E-state index is 11.2. The molecular formula is C11H17N3O2. The summed E-state index contributed by atoms with van der Waals surface area (Å²) in [4.78, 5) is 13.0. The fourth-order valence-corrected chi connectivity index (χ4v) is 1.58. The van der Waals surface area contributed by atoms with E-state index in [-0.39, 0.29) is 0 Å². The van der Waals surface area contributed by atoms with E-state index in [1.807, 2.05) is 0 Å². The van der Waals surface area contributed by atoms with E-state index in [4.69, 9.17) is 11.5 Å². The minimum absolute atomic E-state index is 0.364. The van der Waals surface area contributed by atoms with Crippen molar-refractivity contribution < 1.29 is 9.90 Å². The zero-order chi connectivity index (χ0) is 12.3. The maximum absolute atomic E-state index is 11.2. The molecule has 5 nitrogen and oxygen atoms in total. The number of benzene rings is 1. The molecule has 0 radical (unpaired) electrons. The number of primary amides is 1. The van der Waals surface area contributed by atoms with Gasteiger partial charge in [0.05, 0.1) is 11.7 Å². The van der Waals surface area contributed by atoms with Crippen molar-refractivity contribution in [2.24, 2.45) is 5.73 Å². The van der Waals surface area contributed by atoms with Gasteiger partial charge in [-0.25, -0.2) is 0 Å². The van der Waals surface area contributed by atoms with Crippen LogP contribution in [0.4, 0.5) is 11.4 Å². The summed E-state index contributed by atoms with van der Waals surface area (Å²) in [5.74, 6) is -0.528. The Hall–Kier alpha value is -1.75. The van der Waals surface area contributed by atoms with Crippen LogP contribution in [0.3, 0.4) is 0 Å². The van der Waals surface area contributed by atoms with E-state index in [9.17, 15) is 9.90 Å². The van der Waals surface area contributed by atoms with Crippen molar-refractivity contribution in [3.63, 3.8) is 0 Å². The third-order valence-corrected chi connectivity index (χ3v) is 2.24. The highest BCUT2D eigenvalue weighted by molar-refractivity contribution is 5.99. The van der Waals surface area contributed by atoms with Crippen molar-refractivity contribution in [2.45, 2.75) is 13.0 Å². The maximum Gasteiger partial charge on any atom is 0.250 e. The van der Waals surface area contributed by atoms with Crippen LogP contribution < -0.4 is 16.4 Å². The van der Waals surface area contributed by atoms with E-state index in [2.05, 4.69) is 0 Å². The monoisotopic (exact) mass is 223 g/mol. The predicted molar refractivity (Wildman–Crippen MR) is 64.3 cm³/mol. The van der Waals surface area contributed by atoms with E-state index < -0.39 is 12.0 Å². The Morgan fingerprint density at radius 1 is 1.56 bits per heavy atom. The fourth-order valence-electron chi connectivity index (χ4n) is 1.58. The van der Waals surface area contributed by atoms with E-state index >= 15 is 0 Å². The largest absolute Gasteiger partial charge is 0.399 e. The SMILES string of the molecule is CC(O)CN(C)c1ccc(N)cc1C(N)=O. The van der Waals surface area contributed by atoms with Gasteiger partial charge in [0.1, 0.15) is 0 Å². The number of anilines is 2. The zero-order valence-electron chi connectivity index (χ0n) is 9.47. The Labute approximate surface area is 94.7 Å². The summed E-state index contributed by atoms with van der Waals surface area (Å²) in [6, 6.07) is 4.95. The zero-order valence-corrected chi connectivity index (χ0v) is 9.47. The predicted octanol–water partition coefficient (Wildman–Crippen LogP) is 0.185. The number of nitrogens with two attached hydrogens (primary N) is 2. The number of nitrogen functional groups attached to an aromatic ring is 1. The van der Waals surface area contributed by atoms with E-state index in [0.717, 1.165) is 0 Å². The Morgan fingerprint density at radius 2 is 2.19 bits per heavy atom. The lowest BCUT2D eigenvalue weighted by atomic mass is 10.1. The van der Waals surface area contributed by atoms with Crippen LogP contribution in [0.5, 0.6) is 0 Å². The van der Waals surface area contributed by atoms with Gasteiger partial charge in [0.15, 0.2) is 0 Å². The number of carbonyl (C=O) groups excluding carboxylic acids is 1. The second kappa shape index (κ2) is 4.85. The molecule has 0 bridgehead atoms. The summed E-state index contributed by atoms with van der Waals surface area (Å²) < 4.78 is 0. The number of carbonyl (C=O) groups is 1. The summed E-state index contributed by atoms with van der Waals surface area (Å²) in [6.45, 7) is 2.10. The Morgan fingerprint density at radius 3 is 2.69 bits per heavy atom. The number of likely N-dealkylation sites (N-methyl/N-ethyl adjacent to an activating group) is 1. The number of aliphatic hydroxyl groups is 1. The van der Waals surface area contributed by atoms with Gasteiger partial charge in [-0.15, -0.1) is 0 Å². The molecule has 1 unspecified atom stereocenters. The van der Waals surface area contributed by atoms with Crippen LogP contribution in [-0.2, 0) is 0 Å². The van der Waals surface area contributed by atoms with Crippen LogP contribution in [0.1, 0.15) is 17.3 Å². The second-order valence-corrected chi connectivity index (χ2v) is 3.87. The number of aliphatic hydroxyl groups excluding tert-OH is 1. The molecule has 0 heterocycles. The molecule has 0 aliphatic heterocycles. The van der Waals surface area contributed by atoms with Crippen LogP contribution in [0.15, 0.2) is 18.2 Å². The third-order valence-electron chi connectivity index (χ3n) is 2.24. The normalized spacial score (nSPS) is 12.2. The van der Waals surface area contributed by atoms with Crippen molar-refractivity contribution in [3.8, 4) is 0 Å². The van der Waals surface area contributed by atoms with Crippen LogP contribution in [-0.4, -0.2) is 30.7 Å². The van der Waals surface area contributed by atoms with E-state index in [1.54, 1.807) is 31.0 Å². The van der Waals surface area contributed by atoms with Gasteiger partial charge in [0.2, 0.25) is 0 Å². The fraction of sp³-hybridized carbons (Fsp3) is 0.364. The van der Waals surface area contributed by atoms with E-state index in [0.29, 0.717) is 23.5 Å². The number of nitrogens with zero attached hydrogens (tertiary/aromatic N) is 1. The number of rotatable bonds is 4. The highest BCUT2D eigenvalue weighted by Crippen LogP contribution is 2.21. The lowest BCUT2D eigenvalue weighted by Gasteiger charge is -2.23. The van der Waals surface area contributed by atoms with Crippen molar-refractivity contribution in [2.75, 3.05) is 24.2 Å². The van der Waals surface area contributed by atoms with Crippen molar-refractivity contribution in [1.29, 1.82) is 0 Å². The molecular weight excluding hydrogens is 206 g/mol. The molecule has 1 aromatic carbocycles. The number of hydrogen-bond donors (Lipinski definition) is 3. The minimum atomic E-state index is -0.528. The van der Waals surface area contributed by atoms with Gasteiger partial charge >= 0.3 is 0 Å². The number of amides is 1. The molecule has 0 aliphatic rings. The summed E-state index contributed by atoms with van der Waals surface area (Å²) in [5.41, 5.74) is 12.4. The lowest BCUT2D eigenvalue weighted by Crippen LogP contribution is -2.29. The standard InChI is InChI=1S/C11H17N3O2/c1-7(15)6-14(2)10-4-3-8(12)5-9(10)11(13)16/h3-5,7,15H,6,12H2,1-2H3,(H2,13,16). The third kappa shape index (κ3) is 2.87. The summed E-state index contributed by atoms with van der Waals surface area (Å²) in [6.07, 6.45) is -0.483. The average Bonchev–Trinajstić information content (AvgIpc) is 2.16. The quantitative estimate of drug-likeness (QED) is 0.635. The summed E-state index contributed by atoms with van der Waals surface area (Å²) >= 11 is 0. The van der Waals surface area contributed by atoms with Crippen LogP contribution in [0.25, 0.3) is 0 Å². The Bertz CT molecular complexity index is 391. The number of hydrogen-bond acceptors (Lipinski definition) is 4. The molecule has 0 saturated carbocycles. The first-order valence-electron chi connectivity index (χ1n) is 5.00. The highest BCUT2D eigenvalue weighted by atomic mass is 16.3. The molecule has 1 rings (SSSR count). The van der Waals surface area contributed by atoms with Gasteiger partial charge in [0, 0.05) is 25.0 Å². The topological polar surface area (TPSA) is 92.6 Å². The van der Waals surface area contributed by atoms with Gasteiger partial charge in [-0.3, -0.25) is 4.79 Å². The molecule has 0 aromatic heterocycles. The van der Waals surface area contributed by atoms with Crippen molar-refractivity contribution in [1.82, 2.24) is 0 Å². The first-order valence-corrected chi connectivity index (χ1v) is 5.00. The van der Waals surface area contributed by atoms with Gasteiger partial charge in [-0.1, -0.05) is 0 Å². The lowest BCUT2D eigenvalue weighted by molar-refractivity contribution is 0.100. The first kappa shape index (κ1) is 12.3. The highest BCUT2D eigenvalue weighted by Gasteiger charge is 2.13. The molecule has 0 fully saturated rings. The van der Waals surface area contributed by atoms with Crippen molar-refractivity contribution >= 4 is 17.3 Å². The van der Waals surface area contributed by atoms with Gasteiger partial charge in [-0.05, 0) is 25.1 Å². The molecule has 1 aromatic rings. The Balaban J connectivity index is 3.07. The molecule has 0 spiro atoms. The average molecular weight is 223 g/mol. The minimum Gasteiger partial charge on any atom is -0.399 e. The summed E-state index contributed by atoms with van der Waals surface area (Å²) in [7, 11) is 1.78.